The Bertz CT molecular complexity index is 1060. The van der Waals surface area contributed by atoms with Gasteiger partial charge in [-0.15, -0.1) is 0 Å². The summed E-state index contributed by atoms with van der Waals surface area (Å²) < 4.78 is 16.3. The Kier molecular flexibility index (Phi) is 7.26. The van der Waals surface area contributed by atoms with Crippen LogP contribution in [0.2, 0.25) is 0 Å². The molecule has 0 aliphatic carbocycles. The van der Waals surface area contributed by atoms with Crippen molar-refractivity contribution in [1.82, 2.24) is 0 Å². The van der Waals surface area contributed by atoms with Crippen LogP contribution in [0.5, 0.6) is 23.0 Å². The fraction of sp³-hybridized carbons (Fsp3) is 0.0833. The number of rotatable bonds is 9. The second-order valence-electron chi connectivity index (χ2n) is 6.43. The average molecular weight is 418 g/mol. The summed E-state index contributed by atoms with van der Waals surface area (Å²) in [6, 6.07) is 21.6. The lowest BCUT2D eigenvalue weighted by Gasteiger charge is -2.10. The molecular formula is C24H22N2O5. The maximum atomic E-state index is 12.2. The number of carbonyl (C=O) groups excluding carboxylic acids is 2. The number of hydrogen-bond donors (Lipinski definition) is 2. The molecule has 0 heterocycles. The number of methoxy groups -OCH3 is 1. The molecule has 0 radical (unpaired) electrons. The lowest BCUT2D eigenvalue weighted by molar-refractivity contribution is -0.120. The van der Waals surface area contributed by atoms with Crippen molar-refractivity contribution in [3.8, 4) is 23.0 Å². The number of primary amides is 1. The molecule has 0 fully saturated rings. The molecule has 0 aliphatic heterocycles. The Morgan fingerprint density at radius 1 is 0.935 bits per heavy atom. The minimum Gasteiger partial charge on any atom is -0.493 e. The van der Waals surface area contributed by atoms with E-state index in [1.54, 1.807) is 48.5 Å². The van der Waals surface area contributed by atoms with Crippen molar-refractivity contribution in [3.63, 3.8) is 0 Å². The van der Waals surface area contributed by atoms with Gasteiger partial charge in [0.05, 0.1) is 7.11 Å². The zero-order valence-corrected chi connectivity index (χ0v) is 16.9. The van der Waals surface area contributed by atoms with Crippen LogP contribution in [-0.4, -0.2) is 25.5 Å². The summed E-state index contributed by atoms with van der Waals surface area (Å²) in [5, 5.41) is 2.79. The van der Waals surface area contributed by atoms with Crippen LogP contribution in [0.1, 0.15) is 5.56 Å². The third-order valence-electron chi connectivity index (χ3n) is 4.09. The predicted octanol–water partition coefficient (Wildman–Crippen LogP) is 4.00. The molecule has 7 heteroatoms. The second-order valence-corrected chi connectivity index (χ2v) is 6.43. The van der Waals surface area contributed by atoms with Gasteiger partial charge >= 0.3 is 0 Å². The maximum absolute atomic E-state index is 12.2. The van der Waals surface area contributed by atoms with Gasteiger partial charge in [0.25, 0.3) is 5.91 Å². The third-order valence-corrected chi connectivity index (χ3v) is 4.09. The summed E-state index contributed by atoms with van der Waals surface area (Å²) in [6.45, 7) is -0.247. The molecule has 31 heavy (non-hydrogen) atoms. The lowest BCUT2D eigenvalue weighted by Crippen LogP contribution is -2.20. The van der Waals surface area contributed by atoms with E-state index in [9.17, 15) is 9.59 Å². The van der Waals surface area contributed by atoms with Crippen LogP contribution in [0.25, 0.3) is 6.08 Å². The highest BCUT2D eigenvalue weighted by atomic mass is 16.5. The van der Waals surface area contributed by atoms with Crippen molar-refractivity contribution in [1.29, 1.82) is 0 Å². The SMILES string of the molecule is COc1cc(/C=C/C(=O)Nc2ccc(Oc3ccccc3)cc2)ccc1OCC(N)=O. The Morgan fingerprint density at radius 3 is 2.32 bits per heavy atom. The number of benzene rings is 3. The van der Waals surface area contributed by atoms with Gasteiger partial charge < -0.3 is 25.3 Å². The summed E-state index contributed by atoms with van der Waals surface area (Å²) in [7, 11) is 1.48. The smallest absolute Gasteiger partial charge is 0.255 e. The maximum Gasteiger partial charge on any atom is 0.255 e. The van der Waals surface area contributed by atoms with E-state index in [4.69, 9.17) is 19.9 Å². The quantitative estimate of drug-likeness (QED) is 0.512. The highest BCUT2D eigenvalue weighted by Gasteiger charge is 2.07. The minimum absolute atomic E-state index is 0.247. The van der Waals surface area contributed by atoms with E-state index in [0.717, 1.165) is 11.3 Å². The normalized spacial score (nSPS) is 10.5. The number of ether oxygens (including phenoxy) is 3. The van der Waals surface area contributed by atoms with Crippen LogP contribution in [0.4, 0.5) is 5.69 Å². The predicted molar refractivity (Wildman–Crippen MR) is 118 cm³/mol. The number of anilines is 1. The fourth-order valence-corrected chi connectivity index (χ4v) is 2.64. The van der Waals surface area contributed by atoms with E-state index >= 15 is 0 Å². The molecule has 0 saturated heterocycles. The molecule has 2 amide bonds. The van der Waals surface area contributed by atoms with E-state index in [2.05, 4.69) is 5.32 Å². The first kappa shape index (κ1) is 21.4. The number of hydrogen-bond acceptors (Lipinski definition) is 5. The Hall–Kier alpha value is -4.26. The van der Waals surface area contributed by atoms with E-state index < -0.39 is 5.91 Å². The average Bonchev–Trinajstić information content (AvgIpc) is 2.78. The molecule has 7 nitrogen and oxygen atoms in total. The zero-order valence-electron chi connectivity index (χ0n) is 16.9. The Balaban J connectivity index is 1.58. The molecule has 0 bridgehead atoms. The first-order valence-electron chi connectivity index (χ1n) is 9.44. The standard InChI is InChI=1S/C24H22N2O5/c1-29-22-15-17(7-13-21(22)30-16-23(25)27)8-14-24(28)26-18-9-11-20(12-10-18)31-19-5-3-2-4-6-19/h2-15H,16H2,1H3,(H2,25,27)(H,26,28)/b14-8+. The van der Waals surface area contributed by atoms with Gasteiger partial charge in [0.2, 0.25) is 5.91 Å². The highest BCUT2D eigenvalue weighted by Crippen LogP contribution is 2.28. The first-order chi connectivity index (χ1) is 15.0. The Morgan fingerprint density at radius 2 is 1.65 bits per heavy atom. The molecule has 0 aliphatic rings. The van der Waals surface area contributed by atoms with Crippen LogP contribution in [-0.2, 0) is 9.59 Å². The zero-order chi connectivity index (χ0) is 22.1. The van der Waals surface area contributed by atoms with Gasteiger partial charge in [0, 0.05) is 11.8 Å². The summed E-state index contributed by atoms with van der Waals surface area (Å²) in [5.74, 6) is 1.36. The van der Waals surface area contributed by atoms with Crippen LogP contribution < -0.4 is 25.3 Å². The van der Waals surface area contributed by atoms with E-state index in [0.29, 0.717) is 22.9 Å². The van der Waals surface area contributed by atoms with Crippen LogP contribution in [0.3, 0.4) is 0 Å². The monoisotopic (exact) mass is 418 g/mol. The van der Waals surface area contributed by atoms with E-state index in [-0.39, 0.29) is 12.5 Å². The molecule has 0 spiro atoms. The van der Waals surface area contributed by atoms with Gasteiger partial charge in [-0.2, -0.15) is 0 Å². The van der Waals surface area contributed by atoms with Crippen molar-refractivity contribution >= 4 is 23.6 Å². The van der Waals surface area contributed by atoms with E-state index in [1.807, 2.05) is 30.3 Å². The van der Waals surface area contributed by atoms with E-state index in [1.165, 1.54) is 13.2 Å². The number of para-hydroxylation sites is 1. The number of nitrogens with one attached hydrogen (secondary N) is 1. The van der Waals surface area contributed by atoms with Crippen molar-refractivity contribution < 1.29 is 23.8 Å². The molecule has 3 aromatic rings. The van der Waals surface area contributed by atoms with Crippen LogP contribution in [0, 0.1) is 0 Å². The summed E-state index contributed by atoms with van der Waals surface area (Å²) in [4.78, 5) is 23.1. The Labute approximate surface area is 180 Å². The first-order valence-corrected chi connectivity index (χ1v) is 9.44. The summed E-state index contributed by atoms with van der Waals surface area (Å²) >= 11 is 0. The second kappa shape index (κ2) is 10.5. The number of amides is 2. The summed E-state index contributed by atoms with van der Waals surface area (Å²) in [5.41, 5.74) is 6.45. The molecule has 0 unspecified atom stereocenters. The van der Waals surface area contributed by atoms with Gasteiger partial charge in [-0.25, -0.2) is 0 Å². The van der Waals surface area contributed by atoms with Crippen LogP contribution in [0.15, 0.2) is 78.9 Å². The molecule has 0 saturated carbocycles. The van der Waals surface area contributed by atoms with Crippen molar-refractivity contribution in [2.75, 3.05) is 19.0 Å². The number of carbonyl (C=O) groups is 2. The van der Waals surface area contributed by atoms with Crippen molar-refractivity contribution in [3.05, 3.63) is 84.4 Å². The van der Waals surface area contributed by atoms with Gasteiger partial charge in [-0.1, -0.05) is 24.3 Å². The third kappa shape index (κ3) is 6.64. The highest BCUT2D eigenvalue weighted by molar-refractivity contribution is 6.02. The largest absolute Gasteiger partial charge is 0.493 e. The minimum atomic E-state index is -0.581. The molecule has 158 valence electrons. The fourth-order valence-electron chi connectivity index (χ4n) is 2.64. The van der Waals surface area contributed by atoms with Crippen LogP contribution >= 0.6 is 0 Å². The van der Waals surface area contributed by atoms with Gasteiger partial charge in [-0.3, -0.25) is 9.59 Å². The topological polar surface area (TPSA) is 99.9 Å². The molecule has 3 rings (SSSR count). The van der Waals surface area contributed by atoms with Crippen molar-refractivity contribution in [2.24, 2.45) is 5.73 Å². The molecular weight excluding hydrogens is 396 g/mol. The van der Waals surface area contributed by atoms with Gasteiger partial charge in [0.1, 0.15) is 11.5 Å². The molecule has 0 atom stereocenters. The van der Waals surface area contributed by atoms with Gasteiger partial charge in [0.15, 0.2) is 18.1 Å². The molecule has 0 aromatic heterocycles. The van der Waals surface area contributed by atoms with Crippen molar-refractivity contribution in [2.45, 2.75) is 0 Å². The molecule has 3 aromatic carbocycles. The molecule has 3 N–H and O–H groups in total. The van der Waals surface area contributed by atoms with Gasteiger partial charge in [-0.05, 0) is 60.2 Å². The summed E-state index contributed by atoms with van der Waals surface area (Å²) in [6.07, 6.45) is 3.05. The number of nitrogens with two attached hydrogens (primary N) is 1. The lowest BCUT2D eigenvalue weighted by atomic mass is 10.2.